The fourth-order valence-electron chi connectivity index (χ4n) is 3.71. The summed E-state index contributed by atoms with van der Waals surface area (Å²) in [6, 6.07) is 10.2. The summed E-state index contributed by atoms with van der Waals surface area (Å²) in [7, 11) is -2.01. The molecule has 0 aromatic heterocycles. The Balaban J connectivity index is 1.80. The Morgan fingerprint density at radius 1 is 1.10 bits per heavy atom. The number of carbonyl (C=O) groups is 1. The lowest BCUT2D eigenvalue weighted by Gasteiger charge is -2.41. The normalized spacial score (nSPS) is 20.6. The van der Waals surface area contributed by atoms with Crippen LogP contribution in [0.15, 0.2) is 48.2 Å². The van der Waals surface area contributed by atoms with E-state index in [0.717, 1.165) is 31.2 Å². The molecular weight excluding hydrogens is 392 g/mol. The van der Waals surface area contributed by atoms with Crippen molar-refractivity contribution in [2.45, 2.75) is 89.3 Å². The fourth-order valence-corrected chi connectivity index (χ4v) is 4.99. The average Bonchev–Trinajstić information content (AvgIpc) is 2.66. The Kier molecular flexibility index (Phi) is 6.93. The standard InChI is InChI=1S/C25H36O4Si/c1-24(2,3)30(4,5)29-21(15-14-20-12-8-6-9-13-20)18-22-19-23(26)28-25(27-22)16-10-7-11-17-25/h6,8-9,12-15,19,21H,7,10-11,16-18H2,1-5H3/b15-14+/t21-/m0/s1. The van der Waals surface area contributed by atoms with Gasteiger partial charge < -0.3 is 13.9 Å². The number of carbonyl (C=O) groups excluding carboxylic acids is 1. The second-order valence-corrected chi connectivity index (χ2v) is 14.8. The summed E-state index contributed by atoms with van der Waals surface area (Å²) in [5.74, 6) is -0.393. The molecule has 4 nitrogen and oxygen atoms in total. The van der Waals surface area contributed by atoms with Gasteiger partial charge in [0.05, 0.1) is 12.2 Å². The quantitative estimate of drug-likeness (QED) is 0.378. The van der Waals surface area contributed by atoms with E-state index in [2.05, 4.69) is 58.2 Å². The van der Waals surface area contributed by atoms with Crippen LogP contribution in [0.1, 0.15) is 64.9 Å². The Labute approximate surface area is 182 Å². The molecular formula is C25H36O4Si. The molecule has 1 spiro atoms. The molecule has 0 bridgehead atoms. The zero-order chi connectivity index (χ0) is 21.8. The highest BCUT2D eigenvalue weighted by atomic mass is 28.4. The number of rotatable bonds is 6. The van der Waals surface area contributed by atoms with E-state index in [1.165, 1.54) is 12.5 Å². The first-order valence-corrected chi connectivity index (χ1v) is 14.0. The maximum absolute atomic E-state index is 12.3. The molecule has 30 heavy (non-hydrogen) atoms. The van der Waals surface area contributed by atoms with E-state index >= 15 is 0 Å². The SMILES string of the molecule is CC(C)(C)[Si](C)(C)O[C@@H](/C=C/c1ccccc1)CC1=CC(=O)OC2(CCCCC2)O1. The molecule has 1 fully saturated rings. The average molecular weight is 429 g/mol. The van der Waals surface area contributed by atoms with Gasteiger partial charge in [0.15, 0.2) is 8.32 Å². The summed E-state index contributed by atoms with van der Waals surface area (Å²) in [5.41, 5.74) is 1.13. The first-order valence-electron chi connectivity index (χ1n) is 11.1. The van der Waals surface area contributed by atoms with Gasteiger partial charge in [-0.2, -0.15) is 0 Å². The minimum Gasteiger partial charge on any atom is -0.456 e. The lowest BCUT2D eigenvalue weighted by atomic mass is 9.93. The van der Waals surface area contributed by atoms with Gasteiger partial charge in [-0.15, -0.1) is 0 Å². The monoisotopic (exact) mass is 428 g/mol. The van der Waals surface area contributed by atoms with Crippen LogP contribution in [0.4, 0.5) is 0 Å². The van der Waals surface area contributed by atoms with Crippen molar-refractivity contribution < 1.29 is 18.7 Å². The fraction of sp³-hybridized carbons (Fsp3) is 0.560. The van der Waals surface area contributed by atoms with Gasteiger partial charge in [0.2, 0.25) is 0 Å². The lowest BCUT2D eigenvalue weighted by molar-refractivity contribution is -0.234. The first kappa shape index (κ1) is 22.8. The van der Waals surface area contributed by atoms with Crippen LogP contribution in [-0.2, 0) is 18.7 Å². The van der Waals surface area contributed by atoms with E-state index in [1.807, 2.05) is 18.2 Å². The van der Waals surface area contributed by atoms with Gasteiger partial charge in [-0.1, -0.05) is 69.7 Å². The third kappa shape index (κ3) is 5.85. The molecule has 0 radical (unpaired) electrons. The molecule has 1 aromatic rings. The summed E-state index contributed by atoms with van der Waals surface area (Å²) in [6.07, 6.45) is 10.8. The zero-order valence-corrected chi connectivity index (χ0v) is 20.1. The van der Waals surface area contributed by atoms with Crippen LogP contribution in [0.5, 0.6) is 0 Å². The maximum atomic E-state index is 12.3. The highest BCUT2D eigenvalue weighted by molar-refractivity contribution is 6.74. The topological polar surface area (TPSA) is 44.8 Å². The molecule has 3 rings (SSSR count). The molecule has 0 N–H and O–H groups in total. The van der Waals surface area contributed by atoms with Crippen LogP contribution < -0.4 is 0 Å². The zero-order valence-electron chi connectivity index (χ0n) is 19.1. The largest absolute Gasteiger partial charge is 0.456 e. The van der Waals surface area contributed by atoms with Crippen LogP contribution in [0, 0.1) is 0 Å². The third-order valence-corrected chi connectivity index (χ3v) is 11.0. The Bertz CT molecular complexity index is 783. The molecule has 0 saturated heterocycles. The minimum atomic E-state index is -2.01. The van der Waals surface area contributed by atoms with Gasteiger partial charge in [-0.3, -0.25) is 0 Å². The van der Waals surface area contributed by atoms with Crippen LogP contribution in [0.2, 0.25) is 18.1 Å². The molecule has 1 aliphatic heterocycles. The molecule has 1 aliphatic carbocycles. The molecule has 1 atom stereocenters. The predicted octanol–water partition coefficient (Wildman–Crippen LogP) is 6.60. The van der Waals surface area contributed by atoms with Crippen molar-refractivity contribution in [3.8, 4) is 0 Å². The van der Waals surface area contributed by atoms with Crippen LogP contribution in [0.3, 0.4) is 0 Å². The van der Waals surface area contributed by atoms with E-state index in [1.54, 1.807) is 0 Å². The van der Waals surface area contributed by atoms with Crippen molar-refractivity contribution >= 4 is 20.4 Å². The van der Waals surface area contributed by atoms with Crippen molar-refractivity contribution in [1.82, 2.24) is 0 Å². The van der Waals surface area contributed by atoms with Gasteiger partial charge in [0.25, 0.3) is 5.79 Å². The summed E-state index contributed by atoms with van der Waals surface area (Å²) in [4.78, 5) is 12.3. The Morgan fingerprint density at radius 2 is 1.77 bits per heavy atom. The van der Waals surface area contributed by atoms with Crippen LogP contribution >= 0.6 is 0 Å². The van der Waals surface area contributed by atoms with Crippen molar-refractivity contribution in [2.24, 2.45) is 0 Å². The summed E-state index contributed by atoms with van der Waals surface area (Å²) in [5, 5.41) is 0.0944. The highest BCUT2D eigenvalue weighted by Gasteiger charge is 2.43. The highest BCUT2D eigenvalue weighted by Crippen LogP contribution is 2.40. The summed E-state index contributed by atoms with van der Waals surface area (Å²) >= 11 is 0. The van der Waals surface area contributed by atoms with Gasteiger partial charge in [0, 0.05) is 19.3 Å². The summed E-state index contributed by atoms with van der Waals surface area (Å²) < 4.78 is 18.6. The third-order valence-electron chi connectivity index (χ3n) is 6.46. The van der Waals surface area contributed by atoms with Crippen molar-refractivity contribution in [3.05, 3.63) is 53.8 Å². The molecule has 1 heterocycles. The second kappa shape index (κ2) is 9.11. The van der Waals surface area contributed by atoms with E-state index < -0.39 is 14.1 Å². The lowest BCUT2D eigenvalue weighted by Crippen LogP contribution is -2.45. The van der Waals surface area contributed by atoms with Gasteiger partial charge in [0.1, 0.15) is 5.76 Å². The molecule has 0 amide bonds. The van der Waals surface area contributed by atoms with Crippen LogP contribution in [0.25, 0.3) is 6.08 Å². The minimum absolute atomic E-state index is 0.0944. The number of hydrogen-bond acceptors (Lipinski definition) is 4. The van der Waals surface area contributed by atoms with Crippen molar-refractivity contribution in [3.63, 3.8) is 0 Å². The number of ether oxygens (including phenoxy) is 2. The second-order valence-electron chi connectivity index (χ2n) is 10.00. The predicted molar refractivity (Wildman–Crippen MR) is 123 cm³/mol. The smallest absolute Gasteiger partial charge is 0.337 e. The first-order chi connectivity index (χ1) is 14.1. The molecule has 1 aromatic carbocycles. The van der Waals surface area contributed by atoms with E-state index in [4.69, 9.17) is 13.9 Å². The number of benzene rings is 1. The molecule has 164 valence electrons. The van der Waals surface area contributed by atoms with Gasteiger partial charge in [-0.05, 0) is 36.5 Å². The maximum Gasteiger partial charge on any atom is 0.337 e. The van der Waals surface area contributed by atoms with Crippen molar-refractivity contribution in [1.29, 1.82) is 0 Å². The van der Waals surface area contributed by atoms with Crippen molar-refractivity contribution in [2.75, 3.05) is 0 Å². The molecule has 5 heteroatoms. The van der Waals surface area contributed by atoms with E-state index in [9.17, 15) is 4.79 Å². The molecule has 1 saturated carbocycles. The Morgan fingerprint density at radius 3 is 2.40 bits per heavy atom. The summed E-state index contributed by atoms with van der Waals surface area (Å²) in [6.45, 7) is 11.2. The number of hydrogen-bond donors (Lipinski definition) is 0. The molecule has 2 aliphatic rings. The van der Waals surface area contributed by atoms with E-state index in [0.29, 0.717) is 12.2 Å². The molecule has 0 unspecified atom stereocenters. The van der Waals surface area contributed by atoms with Crippen LogP contribution in [-0.4, -0.2) is 26.2 Å². The van der Waals surface area contributed by atoms with E-state index in [-0.39, 0.29) is 17.1 Å². The Hall–Kier alpha value is -1.85. The van der Waals surface area contributed by atoms with Gasteiger partial charge in [-0.25, -0.2) is 4.79 Å². The van der Waals surface area contributed by atoms with Gasteiger partial charge >= 0.3 is 5.97 Å². The number of esters is 1.